The number of nitrogens with zero attached hydrogens (tertiary/aromatic N) is 2. The zero-order valence-corrected chi connectivity index (χ0v) is 24.3. The first-order valence-electron chi connectivity index (χ1n) is 13.1. The third-order valence-corrected chi connectivity index (χ3v) is 10.0. The first kappa shape index (κ1) is 27.0. The van der Waals surface area contributed by atoms with Gasteiger partial charge in [-0.05, 0) is 49.7 Å². The van der Waals surface area contributed by atoms with E-state index in [2.05, 4.69) is 5.32 Å². The molecule has 208 valence electrons. The summed E-state index contributed by atoms with van der Waals surface area (Å²) >= 11 is 2.20. The topological polar surface area (TPSA) is 97.7 Å². The number of ether oxygens (including phenoxy) is 1. The van der Waals surface area contributed by atoms with Crippen molar-refractivity contribution in [2.45, 2.75) is 36.6 Å². The standard InChI is InChI=1S/C31H27N3O5S2/c1-17-11-13-20(14-12-17)34-28(36)25-24(21-9-4-5-10-22(21)39-3)27-30(40-26(25)29(34)37)33(31(38)41-27)16-23(35)32-19-8-6-7-18(2)15-19/h4-15,24-26H,16H2,1-3H3,(H,32,35). The molecule has 41 heavy (non-hydrogen) atoms. The summed E-state index contributed by atoms with van der Waals surface area (Å²) in [6.45, 7) is 3.66. The molecule has 10 heteroatoms. The van der Waals surface area contributed by atoms with Gasteiger partial charge in [0, 0.05) is 22.0 Å². The van der Waals surface area contributed by atoms with Gasteiger partial charge in [-0.2, -0.15) is 0 Å². The quantitative estimate of drug-likeness (QED) is 0.321. The van der Waals surface area contributed by atoms with Gasteiger partial charge in [0.1, 0.15) is 17.5 Å². The number of aromatic nitrogens is 1. The van der Waals surface area contributed by atoms with Gasteiger partial charge in [-0.15, -0.1) is 0 Å². The Hall–Kier alpha value is -4.15. The summed E-state index contributed by atoms with van der Waals surface area (Å²) in [4.78, 5) is 55.9. The Balaban J connectivity index is 1.43. The number of thioether (sulfide) groups is 1. The molecule has 3 amide bonds. The van der Waals surface area contributed by atoms with Crippen molar-refractivity contribution in [3.8, 4) is 5.75 Å². The van der Waals surface area contributed by atoms with E-state index >= 15 is 0 Å². The molecule has 0 spiro atoms. The van der Waals surface area contributed by atoms with Crippen molar-refractivity contribution in [2.24, 2.45) is 5.92 Å². The summed E-state index contributed by atoms with van der Waals surface area (Å²) in [6.07, 6.45) is 0. The second-order valence-electron chi connectivity index (χ2n) is 10.2. The molecule has 3 unspecified atom stereocenters. The monoisotopic (exact) mass is 585 g/mol. The third-order valence-electron chi connectivity index (χ3n) is 7.42. The number of hydrogen-bond acceptors (Lipinski definition) is 7. The van der Waals surface area contributed by atoms with E-state index in [0.29, 0.717) is 27.0 Å². The number of para-hydroxylation sites is 1. The molecular formula is C31H27N3O5S2. The fourth-order valence-corrected chi connectivity index (χ4v) is 8.29. The molecule has 0 radical (unpaired) electrons. The minimum absolute atomic E-state index is 0.217. The number of benzene rings is 3. The Morgan fingerprint density at radius 1 is 0.927 bits per heavy atom. The molecule has 0 aliphatic carbocycles. The van der Waals surface area contributed by atoms with Gasteiger partial charge >= 0.3 is 4.87 Å². The van der Waals surface area contributed by atoms with E-state index < -0.39 is 17.1 Å². The van der Waals surface area contributed by atoms with Crippen LogP contribution in [0.3, 0.4) is 0 Å². The Bertz CT molecular complexity index is 1740. The van der Waals surface area contributed by atoms with Crippen LogP contribution in [0, 0.1) is 19.8 Å². The Morgan fingerprint density at radius 2 is 1.68 bits per heavy atom. The van der Waals surface area contributed by atoms with Crippen molar-refractivity contribution < 1.29 is 19.1 Å². The number of carbonyl (C=O) groups is 3. The molecule has 1 N–H and O–H groups in total. The van der Waals surface area contributed by atoms with Crippen LogP contribution < -0.4 is 19.8 Å². The highest BCUT2D eigenvalue weighted by atomic mass is 32.2. The maximum atomic E-state index is 14.0. The van der Waals surface area contributed by atoms with Crippen LogP contribution in [0.4, 0.5) is 11.4 Å². The largest absolute Gasteiger partial charge is 0.496 e. The van der Waals surface area contributed by atoms with Crippen LogP contribution in [0.1, 0.15) is 27.5 Å². The first-order valence-corrected chi connectivity index (χ1v) is 14.8. The van der Waals surface area contributed by atoms with Crippen LogP contribution in [0.5, 0.6) is 5.75 Å². The number of methoxy groups -OCH3 is 1. The van der Waals surface area contributed by atoms with E-state index in [1.165, 1.54) is 21.2 Å². The van der Waals surface area contributed by atoms with Crippen molar-refractivity contribution in [3.05, 3.63) is 104 Å². The van der Waals surface area contributed by atoms with Crippen LogP contribution in [0.15, 0.2) is 82.6 Å². The number of anilines is 2. The number of rotatable bonds is 6. The lowest BCUT2D eigenvalue weighted by atomic mass is 9.82. The summed E-state index contributed by atoms with van der Waals surface area (Å²) in [5.41, 5.74) is 3.88. The fourth-order valence-electron chi connectivity index (χ4n) is 5.53. The van der Waals surface area contributed by atoms with Crippen LogP contribution >= 0.6 is 23.1 Å². The summed E-state index contributed by atoms with van der Waals surface area (Å²) < 4.78 is 7.08. The number of thiazole rings is 1. The second kappa shape index (κ2) is 10.7. The second-order valence-corrected chi connectivity index (χ2v) is 12.3. The number of imide groups is 1. The van der Waals surface area contributed by atoms with Gasteiger partial charge in [0.25, 0.3) is 0 Å². The van der Waals surface area contributed by atoms with E-state index in [4.69, 9.17) is 4.74 Å². The Kier molecular flexibility index (Phi) is 7.04. The maximum absolute atomic E-state index is 14.0. The molecule has 8 nitrogen and oxygen atoms in total. The predicted octanol–water partition coefficient (Wildman–Crippen LogP) is 4.97. The van der Waals surface area contributed by atoms with E-state index in [1.54, 1.807) is 31.4 Å². The number of fused-ring (bicyclic) bond motifs is 2. The average molecular weight is 586 g/mol. The van der Waals surface area contributed by atoms with Crippen LogP contribution in [-0.4, -0.2) is 34.6 Å². The lowest BCUT2D eigenvalue weighted by molar-refractivity contribution is -0.122. The van der Waals surface area contributed by atoms with Crippen molar-refractivity contribution in [1.29, 1.82) is 0 Å². The van der Waals surface area contributed by atoms with E-state index in [-0.39, 0.29) is 29.1 Å². The zero-order chi connectivity index (χ0) is 28.8. The Morgan fingerprint density at radius 3 is 2.41 bits per heavy atom. The molecule has 2 aliphatic rings. The lowest BCUT2D eigenvalue weighted by Crippen LogP contribution is -2.33. The molecule has 6 rings (SSSR count). The van der Waals surface area contributed by atoms with Gasteiger partial charge in [-0.3, -0.25) is 23.7 Å². The highest BCUT2D eigenvalue weighted by molar-refractivity contribution is 8.00. The summed E-state index contributed by atoms with van der Waals surface area (Å²) in [5.74, 6) is -1.79. The van der Waals surface area contributed by atoms with Gasteiger partial charge in [0.2, 0.25) is 17.7 Å². The lowest BCUT2D eigenvalue weighted by Gasteiger charge is -2.31. The number of amides is 3. The van der Waals surface area contributed by atoms with E-state index in [9.17, 15) is 19.2 Å². The molecule has 2 aliphatic heterocycles. The summed E-state index contributed by atoms with van der Waals surface area (Å²) in [6, 6.07) is 22.0. The van der Waals surface area contributed by atoms with Gasteiger partial charge in [-0.1, -0.05) is 71.1 Å². The number of nitrogens with one attached hydrogen (secondary N) is 1. The van der Waals surface area contributed by atoms with E-state index in [0.717, 1.165) is 28.0 Å². The van der Waals surface area contributed by atoms with Gasteiger partial charge < -0.3 is 10.1 Å². The Labute approximate surface area is 245 Å². The molecule has 1 fully saturated rings. The highest BCUT2D eigenvalue weighted by Gasteiger charge is 2.57. The van der Waals surface area contributed by atoms with Gasteiger partial charge in [0.15, 0.2) is 0 Å². The van der Waals surface area contributed by atoms with Crippen LogP contribution in [0.2, 0.25) is 0 Å². The van der Waals surface area contributed by atoms with Gasteiger partial charge in [0.05, 0.1) is 23.7 Å². The molecule has 3 atom stereocenters. The number of aryl methyl sites for hydroxylation is 2. The minimum Gasteiger partial charge on any atom is -0.496 e. The molecular weight excluding hydrogens is 558 g/mol. The van der Waals surface area contributed by atoms with Gasteiger partial charge in [-0.25, -0.2) is 4.90 Å². The third kappa shape index (κ3) is 4.76. The summed E-state index contributed by atoms with van der Waals surface area (Å²) in [7, 11) is 1.55. The molecule has 3 heterocycles. The zero-order valence-electron chi connectivity index (χ0n) is 22.6. The average Bonchev–Trinajstić information content (AvgIpc) is 3.39. The smallest absolute Gasteiger partial charge is 0.308 e. The SMILES string of the molecule is COc1ccccc1C1c2sc(=O)n(CC(=O)Nc3cccc(C)c3)c2SC2C(=O)N(c3ccc(C)cc3)C(=O)C21. The molecule has 0 bridgehead atoms. The van der Waals surface area contributed by atoms with Crippen molar-refractivity contribution >= 4 is 52.2 Å². The van der Waals surface area contributed by atoms with Crippen LogP contribution in [0.25, 0.3) is 0 Å². The van der Waals surface area contributed by atoms with Crippen LogP contribution in [-0.2, 0) is 20.9 Å². The fraction of sp³-hybridized carbons (Fsp3) is 0.226. The number of carbonyl (C=O) groups excluding carboxylic acids is 3. The molecule has 3 aromatic carbocycles. The molecule has 1 saturated heterocycles. The maximum Gasteiger partial charge on any atom is 0.308 e. The molecule has 0 saturated carbocycles. The molecule has 4 aromatic rings. The predicted molar refractivity (Wildman–Crippen MR) is 160 cm³/mol. The van der Waals surface area contributed by atoms with Crippen molar-refractivity contribution in [2.75, 3.05) is 17.3 Å². The summed E-state index contributed by atoms with van der Waals surface area (Å²) in [5, 5.41) is 2.62. The minimum atomic E-state index is -0.772. The van der Waals surface area contributed by atoms with E-state index in [1.807, 2.05) is 62.4 Å². The number of hydrogen-bond donors (Lipinski definition) is 1. The first-order chi connectivity index (χ1) is 19.8. The van der Waals surface area contributed by atoms with Crippen molar-refractivity contribution in [1.82, 2.24) is 4.57 Å². The highest BCUT2D eigenvalue weighted by Crippen LogP contribution is 2.55. The normalized spacial score (nSPS) is 19.6. The van der Waals surface area contributed by atoms with Crippen molar-refractivity contribution in [3.63, 3.8) is 0 Å². The molecule has 1 aromatic heterocycles.